The number of nitrogens with zero attached hydrogens (tertiary/aromatic N) is 1. The summed E-state index contributed by atoms with van der Waals surface area (Å²) in [6.45, 7) is 6.41. The van der Waals surface area contributed by atoms with Crippen LogP contribution in [0.3, 0.4) is 0 Å². The summed E-state index contributed by atoms with van der Waals surface area (Å²) in [5.74, 6) is 0.961. The average molecular weight is 273 g/mol. The zero-order chi connectivity index (χ0) is 14.4. The fourth-order valence-electron chi connectivity index (χ4n) is 1.46. The van der Waals surface area contributed by atoms with E-state index in [0.717, 1.165) is 17.7 Å². The van der Waals surface area contributed by atoms with Gasteiger partial charge >= 0.3 is 0 Å². The third-order valence-electron chi connectivity index (χ3n) is 2.68. The Bertz CT molecular complexity index is 581. The second-order valence-corrected chi connectivity index (χ2v) is 4.26. The van der Waals surface area contributed by atoms with E-state index >= 15 is 0 Å². The van der Waals surface area contributed by atoms with E-state index in [0.29, 0.717) is 12.4 Å². The maximum absolute atomic E-state index is 12.9. The minimum Gasteiger partial charge on any atom is -0.489 e. The molecule has 0 unspecified atom stereocenters. The molecule has 2 rings (SSSR count). The third kappa shape index (κ3) is 4.09. The highest BCUT2D eigenvalue weighted by molar-refractivity contribution is 5.33. The molecule has 0 saturated carbocycles. The molecule has 0 amide bonds. The first kappa shape index (κ1) is 14.1. The van der Waals surface area contributed by atoms with Gasteiger partial charge in [0.15, 0.2) is 0 Å². The van der Waals surface area contributed by atoms with Crippen molar-refractivity contribution >= 4 is 0 Å². The maximum atomic E-state index is 12.9. The van der Waals surface area contributed by atoms with Crippen molar-refractivity contribution < 1.29 is 13.9 Å². The molecule has 0 atom stereocenters. The van der Waals surface area contributed by atoms with Gasteiger partial charge in [0.25, 0.3) is 0 Å². The van der Waals surface area contributed by atoms with Gasteiger partial charge in [-0.1, -0.05) is 19.6 Å². The van der Waals surface area contributed by atoms with Gasteiger partial charge in [-0.15, -0.1) is 0 Å². The first-order valence-corrected chi connectivity index (χ1v) is 6.37. The number of pyridine rings is 1. The third-order valence-corrected chi connectivity index (χ3v) is 2.68. The predicted octanol–water partition coefficient (Wildman–Crippen LogP) is 4.36. The maximum Gasteiger partial charge on any atom is 0.221 e. The van der Waals surface area contributed by atoms with Gasteiger partial charge < -0.3 is 9.47 Å². The molecule has 2 aromatic rings. The van der Waals surface area contributed by atoms with Crippen LogP contribution in [0.1, 0.15) is 13.3 Å². The molecule has 0 radical (unpaired) electrons. The van der Waals surface area contributed by atoms with E-state index in [-0.39, 0.29) is 5.88 Å². The zero-order valence-electron chi connectivity index (χ0n) is 11.3. The quantitative estimate of drug-likeness (QED) is 0.579. The molecule has 0 aliphatic carbocycles. The first-order chi connectivity index (χ1) is 9.67. The summed E-state index contributed by atoms with van der Waals surface area (Å²) in [7, 11) is 0. The van der Waals surface area contributed by atoms with Crippen LogP contribution in [0.4, 0.5) is 4.39 Å². The summed E-state index contributed by atoms with van der Waals surface area (Å²) in [5.41, 5.74) is 1.04. The second-order valence-electron chi connectivity index (χ2n) is 4.26. The molecule has 1 heterocycles. The lowest BCUT2D eigenvalue weighted by Gasteiger charge is -2.08. The van der Waals surface area contributed by atoms with E-state index in [4.69, 9.17) is 9.47 Å². The average Bonchev–Trinajstić information content (AvgIpc) is 2.46. The normalized spacial score (nSPS) is 10.1. The first-order valence-electron chi connectivity index (χ1n) is 6.37. The number of hydrogen-bond donors (Lipinski definition) is 0. The van der Waals surface area contributed by atoms with Gasteiger partial charge in [0.2, 0.25) is 11.8 Å². The molecule has 0 bridgehead atoms. The van der Waals surface area contributed by atoms with E-state index in [1.807, 2.05) is 6.92 Å². The Hall–Kier alpha value is -2.36. The SMILES string of the molecule is C=C(CC)COc1ccc(Oc2cccc(F)n2)cc1. The van der Waals surface area contributed by atoms with Crippen molar-refractivity contribution in [3.05, 3.63) is 60.6 Å². The van der Waals surface area contributed by atoms with Crippen LogP contribution in [0.5, 0.6) is 17.4 Å². The summed E-state index contributed by atoms with van der Waals surface area (Å²) in [4.78, 5) is 3.63. The smallest absolute Gasteiger partial charge is 0.221 e. The van der Waals surface area contributed by atoms with Crippen molar-refractivity contribution in [2.24, 2.45) is 0 Å². The molecule has 0 spiro atoms. The molecule has 0 N–H and O–H groups in total. The molecule has 1 aromatic carbocycles. The molecular formula is C16H16FNO2. The summed E-state index contributed by atoms with van der Waals surface area (Å²) < 4.78 is 23.9. The van der Waals surface area contributed by atoms with Crippen LogP contribution >= 0.6 is 0 Å². The largest absolute Gasteiger partial charge is 0.489 e. The minimum atomic E-state index is -0.569. The van der Waals surface area contributed by atoms with Crippen LogP contribution in [-0.2, 0) is 0 Å². The fourth-order valence-corrected chi connectivity index (χ4v) is 1.46. The number of ether oxygens (including phenoxy) is 2. The molecule has 0 aliphatic heterocycles. The lowest BCUT2D eigenvalue weighted by molar-refractivity contribution is 0.348. The van der Waals surface area contributed by atoms with Crippen molar-refractivity contribution in [1.82, 2.24) is 4.98 Å². The van der Waals surface area contributed by atoms with Gasteiger partial charge in [0, 0.05) is 6.07 Å². The molecule has 1 aromatic heterocycles. The summed E-state index contributed by atoms with van der Waals surface area (Å²) in [6.07, 6.45) is 0.895. The molecule has 104 valence electrons. The molecule has 0 saturated heterocycles. The van der Waals surface area contributed by atoms with Crippen molar-refractivity contribution in [3.63, 3.8) is 0 Å². The predicted molar refractivity (Wildman–Crippen MR) is 75.6 cm³/mol. The lowest BCUT2D eigenvalue weighted by Crippen LogP contribution is -1.99. The highest BCUT2D eigenvalue weighted by Gasteiger charge is 2.01. The van der Waals surface area contributed by atoms with Crippen LogP contribution in [-0.4, -0.2) is 11.6 Å². The Morgan fingerprint density at radius 2 is 1.85 bits per heavy atom. The number of rotatable bonds is 6. The van der Waals surface area contributed by atoms with Gasteiger partial charge in [-0.25, -0.2) is 0 Å². The van der Waals surface area contributed by atoms with Crippen LogP contribution in [0, 0.1) is 5.95 Å². The van der Waals surface area contributed by atoms with Gasteiger partial charge in [-0.3, -0.25) is 0 Å². The van der Waals surface area contributed by atoms with Gasteiger partial charge in [0.1, 0.15) is 18.1 Å². The Morgan fingerprint density at radius 3 is 2.50 bits per heavy atom. The topological polar surface area (TPSA) is 31.4 Å². The molecule has 4 heteroatoms. The van der Waals surface area contributed by atoms with Crippen LogP contribution < -0.4 is 9.47 Å². The van der Waals surface area contributed by atoms with E-state index in [2.05, 4.69) is 11.6 Å². The van der Waals surface area contributed by atoms with Crippen molar-refractivity contribution in [2.75, 3.05) is 6.61 Å². The number of benzene rings is 1. The Labute approximate surface area is 117 Å². The zero-order valence-corrected chi connectivity index (χ0v) is 11.3. The number of aromatic nitrogens is 1. The van der Waals surface area contributed by atoms with Crippen LogP contribution in [0.15, 0.2) is 54.6 Å². The molecular weight excluding hydrogens is 257 g/mol. The summed E-state index contributed by atoms with van der Waals surface area (Å²) in [5, 5.41) is 0. The monoisotopic (exact) mass is 273 g/mol. The fraction of sp³-hybridized carbons (Fsp3) is 0.188. The van der Waals surface area contributed by atoms with Gasteiger partial charge in [-0.05, 0) is 42.3 Å². The van der Waals surface area contributed by atoms with E-state index < -0.39 is 5.95 Å². The van der Waals surface area contributed by atoms with E-state index in [1.165, 1.54) is 6.07 Å². The van der Waals surface area contributed by atoms with E-state index in [1.54, 1.807) is 36.4 Å². The van der Waals surface area contributed by atoms with Gasteiger partial charge in [-0.2, -0.15) is 9.37 Å². The highest BCUT2D eigenvalue weighted by atomic mass is 19.1. The van der Waals surface area contributed by atoms with Crippen LogP contribution in [0.25, 0.3) is 0 Å². The minimum absolute atomic E-state index is 0.220. The standard InChI is InChI=1S/C16H16FNO2/c1-3-12(2)11-19-13-7-9-14(10-8-13)20-16-6-4-5-15(17)18-16/h4-10H,2-3,11H2,1H3. The number of halogens is 1. The van der Waals surface area contributed by atoms with Crippen molar-refractivity contribution in [3.8, 4) is 17.4 Å². The van der Waals surface area contributed by atoms with E-state index in [9.17, 15) is 4.39 Å². The lowest BCUT2D eigenvalue weighted by atomic mass is 10.2. The molecule has 0 aliphatic rings. The Balaban J connectivity index is 1.96. The number of hydrogen-bond acceptors (Lipinski definition) is 3. The second kappa shape index (κ2) is 6.70. The van der Waals surface area contributed by atoms with Crippen molar-refractivity contribution in [2.45, 2.75) is 13.3 Å². The molecule has 3 nitrogen and oxygen atoms in total. The Morgan fingerprint density at radius 1 is 1.15 bits per heavy atom. The van der Waals surface area contributed by atoms with Crippen LogP contribution in [0.2, 0.25) is 0 Å². The summed E-state index contributed by atoms with van der Waals surface area (Å²) >= 11 is 0. The highest BCUT2D eigenvalue weighted by Crippen LogP contribution is 2.22. The Kier molecular flexibility index (Phi) is 4.71. The van der Waals surface area contributed by atoms with Gasteiger partial charge in [0.05, 0.1) is 0 Å². The summed E-state index contributed by atoms with van der Waals surface area (Å²) in [6, 6.07) is 11.5. The molecule has 20 heavy (non-hydrogen) atoms. The van der Waals surface area contributed by atoms with Crippen molar-refractivity contribution in [1.29, 1.82) is 0 Å². The molecule has 0 fully saturated rings.